The largest absolute Gasteiger partial charge is 0.481 e. The van der Waals surface area contributed by atoms with Crippen LogP contribution in [0.4, 0.5) is 16.4 Å². The highest BCUT2D eigenvalue weighted by Gasteiger charge is 2.25. The molecule has 3 aromatic rings. The molecule has 9 heteroatoms. The van der Waals surface area contributed by atoms with Gasteiger partial charge < -0.3 is 24.6 Å². The average molecular weight is 503 g/mol. The first-order valence-electron chi connectivity index (χ1n) is 12.3. The van der Waals surface area contributed by atoms with Crippen molar-refractivity contribution in [2.75, 3.05) is 50.6 Å². The number of piperazine rings is 1. The minimum absolute atomic E-state index is 0.246. The normalized spacial score (nSPS) is 14.1. The Labute approximate surface area is 218 Å². The molecule has 1 amide bonds. The number of hydrogen-bond acceptors (Lipinski definition) is 8. The lowest BCUT2D eigenvalue weighted by atomic mass is 10.1. The lowest BCUT2D eigenvalue weighted by molar-refractivity contribution is 0.0240. The molecule has 1 aromatic carbocycles. The summed E-state index contributed by atoms with van der Waals surface area (Å²) in [4.78, 5) is 29.5. The van der Waals surface area contributed by atoms with Crippen LogP contribution >= 0.6 is 0 Å². The molecule has 1 aliphatic heterocycles. The third-order valence-corrected chi connectivity index (χ3v) is 5.89. The summed E-state index contributed by atoms with van der Waals surface area (Å²) in [5, 5.41) is 2.96. The molecule has 0 aliphatic carbocycles. The van der Waals surface area contributed by atoms with E-state index in [0.717, 1.165) is 41.2 Å². The molecular weight excluding hydrogens is 468 g/mol. The number of amides is 1. The summed E-state index contributed by atoms with van der Waals surface area (Å²) < 4.78 is 11.0. The van der Waals surface area contributed by atoms with Crippen molar-refractivity contribution in [1.29, 1.82) is 0 Å². The molecule has 2 aromatic heterocycles. The van der Waals surface area contributed by atoms with Crippen molar-refractivity contribution in [3.63, 3.8) is 0 Å². The predicted octanol–water partition coefficient (Wildman–Crippen LogP) is 4.82. The molecule has 1 saturated heterocycles. The van der Waals surface area contributed by atoms with Crippen molar-refractivity contribution in [2.24, 2.45) is 0 Å². The molecule has 0 saturated carbocycles. The summed E-state index contributed by atoms with van der Waals surface area (Å²) in [5.41, 5.74) is 4.21. The fraction of sp³-hybridized carbons (Fsp3) is 0.357. The van der Waals surface area contributed by atoms with Gasteiger partial charge in [-0.1, -0.05) is 18.2 Å². The summed E-state index contributed by atoms with van der Waals surface area (Å²) in [6.45, 7) is 8.48. The number of carbonyl (C=O) groups is 1. The molecule has 1 aliphatic rings. The molecule has 0 spiro atoms. The van der Waals surface area contributed by atoms with Gasteiger partial charge in [-0.15, -0.1) is 0 Å². The number of anilines is 2. The van der Waals surface area contributed by atoms with Crippen molar-refractivity contribution in [3.8, 4) is 17.1 Å². The minimum atomic E-state index is -0.481. The lowest BCUT2D eigenvalue weighted by Gasteiger charge is -2.36. The molecule has 9 nitrogen and oxygen atoms in total. The van der Waals surface area contributed by atoms with Gasteiger partial charge in [-0.25, -0.2) is 19.7 Å². The molecule has 37 heavy (non-hydrogen) atoms. The maximum atomic E-state index is 12.3. The molecular formula is C28H34N6O3. The van der Waals surface area contributed by atoms with E-state index in [0.29, 0.717) is 24.9 Å². The molecule has 0 radical (unpaired) electrons. The minimum Gasteiger partial charge on any atom is -0.481 e. The molecule has 1 N–H and O–H groups in total. The number of methoxy groups -OCH3 is 1. The van der Waals surface area contributed by atoms with Gasteiger partial charge in [-0.3, -0.25) is 0 Å². The van der Waals surface area contributed by atoms with E-state index in [1.165, 1.54) is 0 Å². The number of aromatic nitrogens is 3. The van der Waals surface area contributed by atoms with Crippen molar-refractivity contribution >= 4 is 29.9 Å². The zero-order valence-corrected chi connectivity index (χ0v) is 22.1. The van der Waals surface area contributed by atoms with Gasteiger partial charge in [0, 0.05) is 62.4 Å². The highest BCUT2D eigenvalue weighted by atomic mass is 16.6. The Morgan fingerprint density at radius 1 is 1.03 bits per heavy atom. The van der Waals surface area contributed by atoms with Crippen molar-refractivity contribution in [3.05, 3.63) is 59.9 Å². The van der Waals surface area contributed by atoms with E-state index in [1.807, 2.05) is 45.1 Å². The Balaban J connectivity index is 1.42. The van der Waals surface area contributed by atoms with Crippen LogP contribution in [-0.4, -0.2) is 71.9 Å². The lowest BCUT2D eigenvalue weighted by Crippen LogP contribution is -2.50. The van der Waals surface area contributed by atoms with E-state index >= 15 is 0 Å². The highest BCUT2D eigenvalue weighted by Crippen LogP contribution is 2.26. The second-order valence-corrected chi connectivity index (χ2v) is 9.72. The number of pyridine rings is 1. The topological polar surface area (TPSA) is 92.7 Å². The number of ether oxygens (including phenoxy) is 2. The maximum Gasteiger partial charge on any atom is 0.410 e. The van der Waals surface area contributed by atoms with E-state index in [9.17, 15) is 4.79 Å². The zero-order chi connectivity index (χ0) is 26.4. The SMILES string of the molecule is CNc1nccc(-c2cnc(OC)c(/C=C/c3ccc(N4CCN(C(=O)OC(C)(C)C)CC4)cc3)c2)n1. The molecule has 0 bridgehead atoms. The molecule has 0 unspecified atom stereocenters. The second-order valence-electron chi connectivity index (χ2n) is 9.72. The summed E-state index contributed by atoms with van der Waals surface area (Å²) in [5.74, 6) is 1.10. The van der Waals surface area contributed by atoms with Crippen molar-refractivity contribution in [1.82, 2.24) is 19.9 Å². The first-order valence-corrected chi connectivity index (χ1v) is 12.3. The Bertz CT molecular complexity index is 1250. The average Bonchev–Trinajstić information content (AvgIpc) is 2.91. The van der Waals surface area contributed by atoms with Gasteiger partial charge in [0.1, 0.15) is 5.60 Å². The van der Waals surface area contributed by atoms with Crippen molar-refractivity contribution < 1.29 is 14.3 Å². The predicted molar refractivity (Wildman–Crippen MR) is 147 cm³/mol. The summed E-state index contributed by atoms with van der Waals surface area (Å²) >= 11 is 0. The van der Waals surface area contributed by atoms with Crippen LogP contribution in [0.15, 0.2) is 48.8 Å². The molecule has 1 fully saturated rings. The van der Waals surface area contributed by atoms with Gasteiger partial charge in [0.25, 0.3) is 0 Å². The first-order chi connectivity index (χ1) is 17.8. The van der Waals surface area contributed by atoms with E-state index in [2.05, 4.69) is 49.4 Å². The monoisotopic (exact) mass is 502 g/mol. The van der Waals surface area contributed by atoms with Crippen LogP contribution in [0.1, 0.15) is 31.9 Å². The third kappa shape index (κ3) is 6.75. The Hall–Kier alpha value is -4.14. The van der Waals surface area contributed by atoms with E-state index < -0.39 is 5.60 Å². The molecule has 0 atom stereocenters. The Morgan fingerprint density at radius 2 is 1.76 bits per heavy atom. The summed E-state index contributed by atoms with van der Waals surface area (Å²) in [7, 11) is 3.40. The van der Waals surface area contributed by atoms with Gasteiger partial charge in [-0.05, 0) is 56.7 Å². The van der Waals surface area contributed by atoms with Crippen LogP contribution in [0.5, 0.6) is 5.88 Å². The van der Waals surface area contributed by atoms with Crippen LogP contribution in [0.2, 0.25) is 0 Å². The molecule has 3 heterocycles. The number of nitrogens with one attached hydrogen (secondary N) is 1. The van der Waals surface area contributed by atoms with Crippen LogP contribution in [0.3, 0.4) is 0 Å². The standard InChI is InChI=1S/C28H34N6O3/c1-28(2,3)37-27(35)34-16-14-33(15-17-34)23-10-7-20(8-11-23)6-9-21-18-22(19-31-25(21)36-5)24-12-13-30-26(29-4)32-24/h6-13,18-19H,14-17H2,1-5H3,(H,29,30,32)/b9-6+. The Kier molecular flexibility index (Phi) is 7.91. The van der Waals surface area contributed by atoms with Gasteiger partial charge in [0.05, 0.1) is 12.8 Å². The third-order valence-electron chi connectivity index (χ3n) is 5.89. The summed E-state index contributed by atoms with van der Waals surface area (Å²) in [6.07, 6.45) is 7.24. The Morgan fingerprint density at radius 3 is 2.41 bits per heavy atom. The van der Waals surface area contributed by atoms with E-state index in [-0.39, 0.29) is 6.09 Å². The van der Waals surface area contributed by atoms with E-state index in [1.54, 1.807) is 31.5 Å². The fourth-order valence-electron chi connectivity index (χ4n) is 4.00. The maximum absolute atomic E-state index is 12.3. The number of rotatable bonds is 6. The number of nitrogens with zero attached hydrogens (tertiary/aromatic N) is 5. The van der Waals surface area contributed by atoms with Crippen LogP contribution < -0.4 is 15.0 Å². The van der Waals surface area contributed by atoms with Gasteiger partial charge >= 0.3 is 6.09 Å². The zero-order valence-electron chi connectivity index (χ0n) is 22.1. The smallest absolute Gasteiger partial charge is 0.410 e. The fourth-order valence-corrected chi connectivity index (χ4v) is 4.00. The number of carbonyl (C=O) groups excluding carboxylic acids is 1. The highest BCUT2D eigenvalue weighted by molar-refractivity contribution is 5.75. The van der Waals surface area contributed by atoms with Crippen molar-refractivity contribution in [2.45, 2.75) is 26.4 Å². The summed E-state index contributed by atoms with van der Waals surface area (Å²) in [6, 6.07) is 12.2. The van der Waals surface area contributed by atoms with Gasteiger partial charge in [-0.2, -0.15) is 0 Å². The van der Waals surface area contributed by atoms with Crippen LogP contribution in [-0.2, 0) is 4.74 Å². The van der Waals surface area contributed by atoms with Gasteiger partial charge in [0.15, 0.2) is 0 Å². The van der Waals surface area contributed by atoms with Crippen LogP contribution in [0, 0.1) is 0 Å². The number of benzene rings is 1. The number of hydrogen-bond donors (Lipinski definition) is 1. The second kappa shape index (κ2) is 11.3. The quantitative estimate of drug-likeness (QED) is 0.513. The van der Waals surface area contributed by atoms with E-state index in [4.69, 9.17) is 9.47 Å². The first kappa shape index (κ1) is 25.9. The molecule has 4 rings (SSSR count). The van der Waals surface area contributed by atoms with Crippen LogP contribution in [0.25, 0.3) is 23.4 Å². The van der Waals surface area contributed by atoms with Gasteiger partial charge in [0.2, 0.25) is 11.8 Å². The molecule has 194 valence electrons.